The molecule has 0 unspecified atom stereocenters. The summed E-state index contributed by atoms with van der Waals surface area (Å²) in [6.45, 7) is 2.54. The largest absolute Gasteiger partial charge is 0.422 e. The quantitative estimate of drug-likeness (QED) is 0.478. The van der Waals surface area contributed by atoms with Crippen molar-refractivity contribution >= 4 is 29.7 Å². The maximum absolute atomic E-state index is 6.16. The van der Waals surface area contributed by atoms with Crippen LogP contribution in [0.3, 0.4) is 0 Å². The first-order valence-corrected chi connectivity index (χ1v) is 8.70. The van der Waals surface area contributed by atoms with E-state index in [0.717, 1.165) is 23.0 Å². The van der Waals surface area contributed by atoms with Crippen LogP contribution in [0.4, 0.5) is 5.69 Å². The van der Waals surface area contributed by atoms with Gasteiger partial charge >= 0.3 is 6.92 Å². The third kappa shape index (κ3) is 4.91. The average Bonchev–Trinajstić information content (AvgIpc) is 2.70. The van der Waals surface area contributed by atoms with Crippen LogP contribution in [-0.2, 0) is 11.1 Å². The van der Waals surface area contributed by atoms with Crippen LogP contribution in [0, 0.1) is 0 Å². The number of hydrogen-bond acceptors (Lipinski definition) is 2. The molecule has 0 aromatic heterocycles. The second kappa shape index (κ2) is 9.00. The Morgan fingerprint density at radius 2 is 1.40 bits per heavy atom. The minimum absolute atomic E-state index is 0.0886. The Kier molecular flexibility index (Phi) is 6.19. The van der Waals surface area contributed by atoms with Gasteiger partial charge in [-0.25, -0.2) is 0 Å². The van der Waals surface area contributed by atoms with Gasteiger partial charge in [0.2, 0.25) is 0 Å². The second-order valence-electron chi connectivity index (χ2n) is 5.87. The van der Waals surface area contributed by atoms with Gasteiger partial charge < -0.3 is 4.65 Å². The first kappa shape index (κ1) is 17.2. The third-order valence-corrected chi connectivity index (χ3v) is 4.13. The molecule has 25 heavy (non-hydrogen) atoms. The van der Waals surface area contributed by atoms with Crippen LogP contribution in [-0.4, -0.2) is 19.7 Å². The van der Waals surface area contributed by atoms with Gasteiger partial charge in [0.05, 0.1) is 12.3 Å². The standard InChI is InChI=1S/C22H22BNO/c1-2-19-13-15-21(16-14-19)23(20-9-5-3-6-10-20)25-18-17-24-22-11-7-4-8-12-22/h3-17H,2,18H2,1H3. The van der Waals surface area contributed by atoms with Crippen LogP contribution in [0.5, 0.6) is 0 Å². The lowest BCUT2D eigenvalue weighted by molar-refractivity contribution is 0.402. The van der Waals surface area contributed by atoms with Gasteiger partial charge in [0.25, 0.3) is 0 Å². The highest BCUT2D eigenvalue weighted by Gasteiger charge is 2.20. The minimum atomic E-state index is -0.0886. The fourth-order valence-corrected chi connectivity index (χ4v) is 2.74. The lowest BCUT2D eigenvalue weighted by Crippen LogP contribution is -2.45. The van der Waals surface area contributed by atoms with Gasteiger partial charge in [0.1, 0.15) is 0 Å². The maximum Gasteiger partial charge on any atom is 0.361 e. The first-order chi connectivity index (χ1) is 12.4. The molecule has 0 radical (unpaired) electrons. The molecular weight excluding hydrogens is 305 g/mol. The number of aliphatic imine (C=N–C) groups is 1. The molecular formula is C22H22BNO. The van der Waals surface area contributed by atoms with Crippen LogP contribution in [0.2, 0.25) is 0 Å². The van der Waals surface area contributed by atoms with E-state index in [1.165, 1.54) is 5.56 Å². The maximum atomic E-state index is 6.16. The lowest BCUT2D eigenvalue weighted by atomic mass is 9.55. The molecule has 2 nitrogen and oxygen atoms in total. The fraction of sp³-hybridized carbons (Fsp3) is 0.136. The Morgan fingerprint density at radius 3 is 2.04 bits per heavy atom. The third-order valence-electron chi connectivity index (χ3n) is 4.13. The zero-order valence-electron chi connectivity index (χ0n) is 14.5. The summed E-state index contributed by atoms with van der Waals surface area (Å²) in [6.07, 6.45) is 2.87. The van der Waals surface area contributed by atoms with E-state index < -0.39 is 0 Å². The van der Waals surface area contributed by atoms with Crippen LogP contribution in [0.25, 0.3) is 0 Å². The Balaban J connectivity index is 1.73. The Bertz CT molecular complexity index is 785. The van der Waals surface area contributed by atoms with Crippen molar-refractivity contribution in [1.82, 2.24) is 0 Å². The molecule has 124 valence electrons. The summed E-state index contributed by atoms with van der Waals surface area (Å²) in [7, 11) is 0. The van der Waals surface area contributed by atoms with E-state index in [9.17, 15) is 0 Å². The van der Waals surface area contributed by atoms with Crippen molar-refractivity contribution in [2.75, 3.05) is 6.61 Å². The second-order valence-corrected chi connectivity index (χ2v) is 5.87. The minimum Gasteiger partial charge on any atom is -0.422 e. The molecule has 3 heteroatoms. The summed E-state index contributed by atoms with van der Waals surface area (Å²) in [4.78, 5) is 4.44. The summed E-state index contributed by atoms with van der Waals surface area (Å²) in [6, 6.07) is 28.9. The van der Waals surface area contributed by atoms with Crippen LogP contribution >= 0.6 is 0 Å². The molecule has 0 spiro atoms. The monoisotopic (exact) mass is 327 g/mol. The Hall–Kier alpha value is -2.65. The molecule has 0 N–H and O–H groups in total. The molecule has 0 atom stereocenters. The zero-order chi connectivity index (χ0) is 17.3. The number of benzene rings is 3. The summed E-state index contributed by atoms with van der Waals surface area (Å²) in [5.41, 5.74) is 4.59. The summed E-state index contributed by atoms with van der Waals surface area (Å²) >= 11 is 0. The van der Waals surface area contributed by atoms with Gasteiger partial charge in [-0.15, -0.1) is 0 Å². The van der Waals surface area contributed by atoms with Crippen molar-refractivity contribution in [3.05, 3.63) is 90.5 Å². The van der Waals surface area contributed by atoms with Gasteiger partial charge in [-0.2, -0.15) is 0 Å². The molecule has 0 heterocycles. The number of hydrogen-bond donors (Lipinski definition) is 0. The van der Waals surface area contributed by atoms with Gasteiger partial charge in [0.15, 0.2) is 0 Å². The highest BCUT2D eigenvalue weighted by atomic mass is 16.4. The molecule has 0 saturated carbocycles. The van der Waals surface area contributed by atoms with Crippen molar-refractivity contribution < 1.29 is 4.65 Å². The molecule has 3 rings (SSSR count). The number of nitrogens with zero attached hydrogens (tertiary/aromatic N) is 1. The molecule has 0 amide bonds. The van der Waals surface area contributed by atoms with E-state index in [-0.39, 0.29) is 6.92 Å². The molecule has 0 aliphatic rings. The highest BCUT2D eigenvalue weighted by molar-refractivity contribution is 6.80. The SMILES string of the molecule is CCc1ccc(B(OCC=Nc2ccccc2)c2ccccc2)cc1. The lowest BCUT2D eigenvalue weighted by Gasteiger charge is -2.14. The van der Waals surface area contributed by atoms with E-state index in [1.54, 1.807) is 0 Å². The number of rotatable bonds is 7. The topological polar surface area (TPSA) is 21.6 Å². The normalized spacial score (nSPS) is 10.9. The summed E-state index contributed by atoms with van der Waals surface area (Å²) in [5.74, 6) is 0. The Morgan fingerprint density at radius 1 is 0.800 bits per heavy atom. The van der Waals surface area contributed by atoms with Gasteiger partial charge in [-0.05, 0) is 35.0 Å². The predicted molar refractivity (Wildman–Crippen MR) is 108 cm³/mol. The van der Waals surface area contributed by atoms with E-state index in [4.69, 9.17) is 4.65 Å². The van der Waals surface area contributed by atoms with E-state index >= 15 is 0 Å². The number of aryl methyl sites for hydroxylation is 1. The van der Waals surface area contributed by atoms with Crippen molar-refractivity contribution in [3.8, 4) is 0 Å². The number of para-hydroxylation sites is 1. The average molecular weight is 327 g/mol. The molecule has 0 aliphatic heterocycles. The fourth-order valence-electron chi connectivity index (χ4n) is 2.74. The Labute approximate surface area is 150 Å². The highest BCUT2D eigenvalue weighted by Crippen LogP contribution is 2.08. The zero-order valence-corrected chi connectivity index (χ0v) is 14.5. The molecule has 3 aromatic rings. The van der Waals surface area contributed by atoms with Crippen molar-refractivity contribution in [2.24, 2.45) is 4.99 Å². The van der Waals surface area contributed by atoms with Crippen molar-refractivity contribution in [2.45, 2.75) is 13.3 Å². The molecule has 3 aromatic carbocycles. The summed E-state index contributed by atoms with van der Waals surface area (Å²) < 4.78 is 6.16. The van der Waals surface area contributed by atoms with E-state index in [1.807, 2.05) is 54.7 Å². The van der Waals surface area contributed by atoms with Crippen molar-refractivity contribution in [1.29, 1.82) is 0 Å². The van der Waals surface area contributed by atoms with Crippen molar-refractivity contribution in [3.63, 3.8) is 0 Å². The van der Waals surface area contributed by atoms with Crippen LogP contribution in [0.15, 0.2) is 89.9 Å². The summed E-state index contributed by atoms with van der Waals surface area (Å²) in [5, 5.41) is 0. The molecule has 0 saturated heterocycles. The molecule has 0 bridgehead atoms. The van der Waals surface area contributed by atoms with E-state index in [0.29, 0.717) is 6.61 Å². The van der Waals surface area contributed by atoms with Gasteiger partial charge in [-0.3, -0.25) is 4.99 Å². The first-order valence-electron chi connectivity index (χ1n) is 8.70. The predicted octanol–water partition coefficient (Wildman–Crippen LogP) is 3.77. The van der Waals surface area contributed by atoms with E-state index in [2.05, 4.69) is 48.3 Å². The molecule has 0 aliphatic carbocycles. The smallest absolute Gasteiger partial charge is 0.361 e. The van der Waals surface area contributed by atoms with Crippen LogP contribution < -0.4 is 10.9 Å². The molecule has 0 fully saturated rings. The van der Waals surface area contributed by atoms with Gasteiger partial charge in [0, 0.05) is 6.21 Å². The van der Waals surface area contributed by atoms with Gasteiger partial charge in [-0.1, -0.05) is 79.7 Å². The van der Waals surface area contributed by atoms with Crippen LogP contribution in [0.1, 0.15) is 12.5 Å².